The number of rotatable bonds is 9. The third-order valence-corrected chi connectivity index (χ3v) is 4.31. The standard InChI is InChI=1S/C23H25N3O3/c27-22(25-21-11-5-2-6-12-21)17-26-14-7-10-20(16-26)23(28)24-13-15-29-18-19-8-3-1-4-9-19/h1-12,14H,13,15-18H2,(H,24,28)(H,25,27). The van der Waals surface area contributed by atoms with E-state index in [1.54, 1.807) is 17.1 Å². The summed E-state index contributed by atoms with van der Waals surface area (Å²) in [5.41, 5.74) is 2.47. The molecule has 0 unspecified atom stereocenters. The van der Waals surface area contributed by atoms with Crippen molar-refractivity contribution in [2.45, 2.75) is 6.61 Å². The highest BCUT2D eigenvalue weighted by Gasteiger charge is 2.16. The van der Waals surface area contributed by atoms with Crippen molar-refractivity contribution in [2.75, 3.05) is 31.6 Å². The van der Waals surface area contributed by atoms with E-state index in [4.69, 9.17) is 4.74 Å². The van der Waals surface area contributed by atoms with Crippen LogP contribution < -0.4 is 10.6 Å². The van der Waals surface area contributed by atoms with E-state index in [0.717, 1.165) is 11.3 Å². The summed E-state index contributed by atoms with van der Waals surface area (Å²) in [5.74, 6) is -0.275. The molecule has 2 aromatic rings. The van der Waals surface area contributed by atoms with Crippen LogP contribution in [0.3, 0.4) is 0 Å². The lowest BCUT2D eigenvalue weighted by atomic mass is 10.1. The van der Waals surface area contributed by atoms with Gasteiger partial charge in [0, 0.05) is 24.4 Å². The highest BCUT2D eigenvalue weighted by molar-refractivity contribution is 5.95. The summed E-state index contributed by atoms with van der Waals surface area (Å²) in [6.45, 7) is 1.95. The molecule has 2 aromatic carbocycles. The molecule has 0 radical (unpaired) electrons. The molecule has 0 saturated heterocycles. The van der Waals surface area contributed by atoms with Crippen LogP contribution in [0.15, 0.2) is 84.6 Å². The molecule has 0 fully saturated rings. The second kappa shape index (κ2) is 10.8. The Bertz CT molecular complexity index is 863. The molecule has 0 aromatic heterocycles. The Kier molecular flexibility index (Phi) is 7.60. The molecule has 1 heterocycles. The Morgan fingerprint density at radius 2 is 1.72 bits per heavy atom. The van der Waals surface area contributed by atoms with E-state index >= 15 is 0 Å². The summed E-state index contributed by atoms with van der Waals surface area (Å²) < 4.78 is 5.58. The van der Waals surface area contributed by atoms with Crippen molar-refractivity contribution >= 4 is 17.5 Å². The topological polar surface area (TPSA) is 70.7 Å². The van der Waals surface area contributed by atoms with E-state index in [2.05, 4.69) is 10.6 Å². The van der Waals surface area contributed by atoms with Crippen molar-refractivity contribution in [1.82, 2.24) is 10.2 Å². The van der Waals surface area contributed by atoms with E-state index in [1.807, 2.05) is 66.9 Å². The highest BCUT2D eigenvalue weighted by atomic mass is 16.5. The zero-order chi connectivity index (χ0) is 20.3. The van der Waals surface area contributed by atoms with Crippen LogP contribution in [0, 0.1) is 0 Å². The number of amides is 2. The average Bonchev–Trinajstić information content (AvgIpc) is 2.75. The van der Waals surface area contributed by atoms with Crippen molar-refractivity contribution in [3.05, 3.63) is 90.2 Å². The van der Waals surface area contributed by atoms with E-state index in [-0.39, 0.29) is 18.4 Å². The van der Waals surface area contributed by atoms with Crippen LogP contribution in [0.4, 0.5) is 5.69 Å². The Balaban J connectivity index is 1.36. The van der Waals surface area contributed by atoms with Gasteiger partial charge in [-0.2, -0.15) is 0 Å². The first-order valence-electron chi connectivity index (χ1n) is 9.57. The summed E-state index contributed by atoms with van der Waals surface area (Å²) in [5, 5.41) is 5.70. The predicted molar refractivity (Wildman–Crippen MR) is 113 cm³/mol. The zero-order valence-corrected chi connectivity index (χ0v) is 16.2. The lowest BCUT2D eigenvalue weighted by Crippen LogP contribution is -2.37. The number of anilines is 1. The molecule has 6 nitrogen and oxygen atoms in total. The Morgan fingerprint density at radius 3 is 2.48 bits per heavy atom. The minimum Gasteiger partial charge on any atom is -0.375 e. The van der Waals surface area contributed by atoms with Crippen LogP contribution in [-0.4, -0.2) is 43.0 Å². The Morgan fingerprint density at radius 1 is 1.00 bits per heavy atom. The summed E-state index contributed by atoms with van der Waals surface area (Å²) >= 11 is 0. The van der Waals surface area contributed by atoms with Gasteiger partial charge < -0.3 is 20.3 Å². The van der Waals surface area contributed by atoms with Crippen LogP contribution in [0.5, 0.6) is 0 Å². The minimum absolute atomic E-state index is 0.128. The SMILES string of the molecule is O=C(CN1C=CC=C(C(=O)NCCOCc2ccccc2)C1)Nc1ccccc1. The molecule has 0 aliphatic carbocycles. The molecule has 1 aliphatic rings. The molecule has 0 spiro atoms. The van der Waals surface area contributed by atoms with Gasteiger partial charge in [0.25, 0.3) is 0 Å². The van der Waals surface area contributed by atoms with Gasteiger partial charge in [0.05, 0.1) is 19.8 Å². The van der Waals surface area contributed by atoms with Crippen LogP contribution in [0.2, 0.25) is 0 Å². The average molecular weight is 391 g/mol. The molecule has 1 aliphatic heterocycles. The molecule has 3 rings (SSSR count). The minimum atomic E-state index is -0.147. The van der Waals surface area contributed by atoms with E-state index in [9.17, 15) is 9.59 Å². The van der Waals surface area contributed by atoms with Crippen molar-refractivity contribution in [3.63, 3.8) is 0 Å². The fourth-order valence-electron chi connectivity index (χ4n) is 2.88. The van der Waals surface area contributed by atoms with Gasteiger partial charge in [0.2, 0.25) is 11.8 Å². The maximum atomic E-state index is 12.4. The van der Waals surface area contributed by atoms with Crippen molar-refractivity contribution in [1.29, 1.82) is 0 Å². The van der Waals surface area contributed by atoms with Gasteiger partial charge in [-0.15, -0.1) is 0 Å². The quantitative estimate of drug-likeness (QED) is 0.645. The number of carbonyl (C=O) groups is 2. The molecule has 150 valence electrons. The van der Waals surface area contributed by atoms with Crippen LogP contribution >= 0.6 is 0 Å². The van der Waals surface area contributed by atoms with Gasteiger partial charge in [-0.05, 0) is 30.0 Å². The van der Waals surface area contributed by atoms with Crippen molar-refractivity contribution in [3.8, 4) is 0 Å². The zero-order valence-electron chi connectivity index (χ0n) is 16.2. The van der Waals surface area contributed by atoms with Gasteiger partial charge in [0.15, 0.2) is 0 Å². The second-order valence-corrected chi connectivity index (χ2v) is 6.65. The molecule has 29 heavy (non-hydrogen) atoms. The van der Waals surface area contributed by atoms with Crippen LogP contribution in [0.25, 0.3) is 0 Å². The molecular weight excluding hydrogens is 366 g/mol. The first kappa shape index (κ1) is 20.4. The maximum absolute atomic E-state index is 12.4. The van der Waals surface area contributed by atoms with Crippen molar-refractivity contribution in [2.24, 2.45) is 0 Å². The van der Waals surface area contributed by atoms with Gasteiger partial charge >= 0.3 is 0 Å². The summed E-state index contributed by atoms with van der Waals surface area (Å²) in [4.78, 5) is 26.4. The highest BCUT2D eigenvalue weighted by Crippen LogP contribution is 2.09. The number of nitrogens with zero attached hydrogens (tertiary/aromatic N) is 1. The molecule has 0 saturated carbocycles. The number of allylic oxidation sites excluding steroid dienone is 2. The summed E-state index contributed by atoms with van der Waals surface area (Å²) in [6, 6.07) is 19.2. The third-order valence-electron chi connectivity index (χ3n) is 4.31. The molecule has 0 bridgehead atoms. The number of hydrogen-bond acceptors (Lipinski definition) is 4. The van der Waals surface area contributed by atoms with E-state index in [0.29, 0.717) is 31.9 Å². The number of benzene rings is 2. The number of carbonyl (C=O) groups excluding carboxylic acids is 2. The molecule has 6 heteroatoms. The normalized spacial score (nSPS) is 13.0. The molecule has 2 N–H and O–H groups in total. The fraction of sp³-hybridized carbons (Fsp3) is 0.217. The van der Waals surface area contributed by atoms with E-state index in [1.165, 1.54) is 0 Å². The first-order valence-corrected chi connectivity index (χ1v) is 9.57. The third kappa shape index (κ3) is 6.93. The summed E-state index contributed by atoms with van der Waals surface area (Å²) in [6.07, 6.45) is 5.36. The van der Waals surface area contributed by atoms with Gasteiger partial charge in [0.1, 0.15) is 0 Å². The largest absolute Gasteiger partial charge is 0.375 e. The predicted octanol–water partition coefficient (Wildman–Crippen LogP) is 2.71. The number of ether oxygens (including phenoxy) is 1. The second-order valence-electron chi connectivity index (χ2n) is 6.65. The number of hydrogen-bond donors (Lipinski definition) is 2. The number of para-hydroxylation sites is 1. The van der Waals surface area contributed by atoms with Crippen LogP contribution in [0.1, 0.15) is 5.56 Å². The maximum Gasteiger partial charge on any atom is 0.249 e. The smallest absolute Gasteiger partial charge is 0.249 e. The Hall–Kier alpha value is -3.38. The lowest BCUT2D eigenvalue weighted by Gasteiger charge is -2.23. The van der Waals surface area contributed by atoms with Crippen LogP contribution in [-0.2, 0) is 20.9 Å². The van der Waals surface area contributed by atoms with E-state index < -0.39 is 0 Å². The molecule has 2 amide bonds. The molecular formula is C23H25N3O3. The van der Waals surface area contributed by atoms with Gasteiger partial charge in [-0.25, -0.2) is 0 Å². The van der Waals surface area contributed by atoms with Crippen molar-refractivity contribution < 1.29 is 14.3 Å². The van der Waals surface area contributed by atoms with Gasteiger partial charge in [-0.1, -0.05) is 54.6 Å². The fourth-order valence-corrected chi connectivity index (χ4v) is 2.88. The summed E-state index contributed by atoms with van der Waals surface area (Å²) in [7, 11) is 0. The van der Waals surface area contributed by atoms with Gasteiger partial charge in [-0.3, -0.25) is 9.59 Å². The monoisotopic (exact) mass is 391 g/mol. The number of nitrogens with one attached hydrogen (secondary N) is 2. The first-order chi connectivity index (χ1) is 14.2. The molecule has 0 atom stereocenters. The lowest BCUT2D eigenvalue weighted by molar-refractivity contribution is -0.119. The Labute approximate surface area is 170 Å².